The minimum absolute atomic E-state index is 0.0954. The Balaban J connectivity index is 2.19. The maximum atomic E-state index is 13.1. The third-order valence-corrected chi connectivity index (χ3v) is 3.53. The molecule has 0 spiro atoms. The van der Waals surface area contributed by atoms with E-state index >= 15 is 0 Å². The number of halogens is 2. The summed E-state index contributed by atoms with van der Waals surface area (Å²) in [5.41, 5.74) is -0.0954. The van der Waals surface area contributed by atoms with Gasteiger partial charge in [-0.1, -0.05) is 0 Å². The Kier molecular flexibility index (Phi) is 3.05. The van der Waals surface area contributed by atoms with Crippen LogP contribution in [0, 0.1) is 0 Å². The van der Waals surface area contributed by atoms with E-state index in [4.69, 9.17) is 5.11 Å². The van der Waals surface area contributed by atoms with Gasteiger partial charge in [-0.25, -0.2) is 18.6 Å². The molecule has 1 aromatic rings. The average Bonchev–Trinajstić information content (AvgIpc) is 2.81. The van der Waals surface area contributed by atoms with Crippen molar-refractivity contribution in [2.75, 3.05) is 6.54 Å². The molecular formula is C10H10F2N2O3S. The van der Waals surface area contributed by atoms with Crippen LogP contribution in [0.4, 0.5) is 8.78 Å². The molecule has 5 nitrogen and oxygen atoms in total. The molecule has 0 unspecified atom stereocenters. The Bertz CT molecular complexity index is 503. The van der Waals surface area contributed by atoms with Gasteiger partial charge in [0.2, 0.25) is 5.01 Å². The van der Waals surface area contributed by atoms with Crippen LogP contribution in [0.1, 0.15) is 33.6 Å². The number of carboxylic acid groups (broad SMARTS) is 1. The Morgan fingerprint density at radius 2 is 2.28 bits per heavy atom. The lowest BCUT2D eigenvalue weighted by Crippen LogP contribution is -2.35. The first-order valence-electron chi connectivity index (χ1n) is 5.18. The molecule has 0 saturated carbocycles. The molecule has 0 radical (unpaired) electrons. The van der Waals surface area contributed by atoms with E-state index in [-0.39, 0.29) is 17.1 Å². The molecule has 1 saturated heterocycles. The highest BCUT2D eigenvalue weighted by Gasteiger charge is 2.45. The summed E-state index contributed by atoms with van der Waals surface area (Å²) in [5, 5.41) is 9.73. The number of amides is 1. The Morgan fingerprint density at radius 1 is 1.61 bits per heavy atom. The lowest BCUT2D eigenvalue weighted by atomic mass is 10.2. The molecule has 1 fully saturated rings. The maximum absolute atomic E-state index is 13.1. The first-order chi connectivity index (χ1) is 8.30. The summed E-state index contributed by atoms with van der Waals surface area (Å²) in [6.07, 6.45) is -0.380. The molecule has 98 valence electrons. The molecule has 1 amide bonds. The molecule has 2 heterocycles. The number of hydrogen-bond donors (Lipinski definition) is 1. The fourth-order valence-electron chi connectivity index (χ4n) is 1.90. The molecule has 8 heteroatoms. The van der Waals surface area contributed by atoms with Crippen LogP contribution in [0.25, 0.3) is 0 Å². The van der Waals surface area contributed by atoms with Crippen LogP contribution >= 0.6 is 11.3 Å². The number of nitrogens with zero attached hydrogens (tertiary/aromatic N) is 2. The Labute approximate surface area is 105 Å². The molecule has 1 aromatic heterocycles. The van der Waals surface area contributed by atoms with Gasteiger partial charge in [-0.15, -0.1) is 11.3 Å². The van der Waals surface area contributed by atoms with Crippen molar-refractivity contribution in [3.63, 3.8) is 0 Å². The quantitative estimate of drug-likeness (QED) is 0.892. The van der Waals surface area contributed by atoms with E-state index in [1.807, 2.05) is 0 Å². The van der Waals surface area contributed by atoms with Crippen LogP contribution in [0.3, 0.4) is 0 Å². The second-order valence-corrected chi connectivity index (χ2v) is 5.04. The maximum Gasteiger partial charge on any atom is 0.365 e. The van der Waals surface area contributed by atoms with Gasteiger partial charge >= 0.3 is 5.97 Å². The van der Waals surface area contributed by atoms with Crippen molar-refractivity contribution in [1.29, 1.82) is 0 Å². The summed E-state index contributed by atoms with van der Waals surface area (Å²) in [6, 6.07) is -0.581. The molecule has 0 aromatic carbocycles. The van der Waals surface area contributed by atoms with E-state index in [9.17, 15) is 18.4 Å². The van der Waals surface area contributed by atoms with E-state index in [1.165, 1.54) is 12.3 Å². The lowest BCUT2D eigenvalue weighted by molar-refractivity contribution is 0.0117. The highest BCUT2D eigenvalue weighted by molar-refractivity contribution is 7.11. The second kappa shape index (κ2) is 4.27. The van der Waals surface area contributed by atoms with Gasteiger partial charge in [0.05, 0.1) is 6.54 Å². The third-order valence-electron chi connectivity index (χ3n) is 2.69. The molecule has 1 aliphatic heterocycles. The minimum Gasteiger partial charge on any atom is -0.476 e. The zero-order chi connectivity index (χ0) is 13.5. The number of carbonyl (C=O) groups excluding carboxylic acids is 1. The van der Waals surface area contributed by atoms with Crippen LogP contribution in [-0.4, -0.2) is 45.4 Å². The van der Waals surface area contributed by atoms with E-state index in [1.54, 1.807) is 0 Å². The van der Waals surface area contributed by atoms with E-state index in [0.717, 1.165) is 16.2 Å². The summed E-state index contributed by atoms with van der Waals surface area (Å²) < 4.78 is 26.3. The van der Waals surface area contributed by atoms with Crippen LogP contribution in [0.15, 0.2) is 5.38 Å². The smallest absolute Gasteiger partial charge is 0.365 e. The van der Waals surface area contributed by atoms with E-state index in [0.29, 0.717) is 0 Å². The average molecular weight is 276 g/mol. The standard InChI is InChI=1S/C10H10F2N2O3S/c1-5-2-10(11,12)4-14(5)8(15)6-3-18-7(13-6)9(16)17/h3,5H,2,4H2,1H3,(H,16,17)/t5-/m0/s1. The monoisotopic (exact) mass is 276 g/mol. The van der Waals surface area contributed by atoms with Gasteiger partial charge in [-0.05, 0) is 6.92 Å². The molecule has 18 heavy (non-hydrogen) atoms. The van der Waals surface area contributed by atoms with Gasteiger partial charge in [0.25, 0.3) is 11.8 Å². The number of rotatable bonds is 2. The highest BCUT2D eigenvalue weighted by atomic mass is 32.1. The molecule has 2 rings (SSSR count). The third kappa shape index (κ3) is 2.33. The molecule has 0 bridgehead atoms. The fourth-order valence-corrected chi connectivity index (χ4v) is 2.53. The van der Waals surface area contributed by atoms with Gasteiger partial charge in [0, 0.05) is 17.8 Å². The summed E-state index contributed by atoms with van der Waals surface area (Å²) in [6.45, 7) is 0.885. The minimum atomic E-state index is -2.89. The van der Waals surface area contributed by atoms with Gasteiger partial charge in [-0.2, -0.15) is 0 Å². The van der Waals surface area contributed by atoms with E-state index < -0.39 is 30.4 Å². The normalized spacial score (nSPS) is 22.2. The summed E-state index contributed by atoms with van der Waals surface area (Å²) in [5.74, 6) is -4.77. The van der Waals surface area contributed by atoms with Crippen LogP contribution in [-0.2, 0) is 0 Å². The van der Waals surface area contributed by atoms with Gasteiger partial charge in [-0.3, -0.25) is 4.79 Å². The van der Waals surface area contributed by atoms with Crippen molar-refractivity contribution >= 4 is 23.2 Å². The highest BCUT2D eigenvalue weighted by Crippen LogP contribution is 2.32. The number of thiazole rings is 1. The number of hydrogen-bond acceptors (Lipinski definition) is 4. The van der Waals surface area contributed by atoms with Gasteiger partial charge in [0.15, 0.2) is 0 Å². The van der Waals surface area contributed by atoms with Crippen LogP contribution < -0.4 is 0 Å². The SMILES string of the molecule is C[C@H]1CC(F)(F)CN1C(=O)c1csc(C(=O)O)n1. The van der Waals surface area contributed by atoms with Crippen LogP contribution in [0.2, 0.25) is 0 Å². The first-order valence-corrected chi connectivity index (χ1v) is 6.06. The lowest BCUT2D eigenvalue weighted by Gasteiger charge is -2.19. The summed E-state index contributed by atoms with van der Waals surface area (Å²) in [4.78, 5) is 27.2. The number of likely N-dealkylation sites (tertiary alicyclic amines) is 1. The molecule has 1 aliphatic rings. The number of alkyl halides is 2. The molecular weight excluding hydrogens is 266 g/mol. The summed E-state index contributed by atoms with van der Waals surface area (Å²) >= 11 is 0.800. The Hall–Kier alpha value is -1.57. The predicted molar refractivity (Wildman–Crippen MR) is 59.1 cm³/mol. The van der Waals surface area contributed by atoms with Crippen molar-refractivity contribution < 1.29 is 23.5 Å². The topological polar surface area (TPSA) is 70.5 Å². The van der Waals surface area contributed by atoms with Crippen molar-refractivity contribution in [2.24, 2.45) is 0 Å². The predicted octanol–water partition coefficient (Wildman–Crippen LogP) is 1.71. The zero-order valence-electron chi connectivity index (χ0n) is 9.39. The second-order valence-electron chi connectivity index (χ2n) is 4.19. The summed E-state index contributed by atoms with van der Waals surface area (Å²) in [7, 11) is 0. The van der Waals surface area contributed by atoms with Crippen molar-refractivity contribution in [3.05, 3.63) is 16.1 Å². The molecule has 1 N–H and O–H groups in total. The van der Waals surface area contributed by atoms with Crippen LogP contribution in [0.5, 0.6) is 0 Å². The van der Waals surface area contributed by atoms with Gasteiger partial charge < -0.3 is 10.0 Å². The van der Waals surface area contributed by atoms with Crippen molar-refractivity contribution in [1.82, 2.24) is 9.88 Å². The number of carboxylic acids is 1. The number of carbonyl (C=O) groups is 2. The van der Waals surface area contributed by atoms with Crippen molar-refractivity contribution in [2.45, 2.75) is 25.3 Å². The fraction of sp³-hybridized carbons (Fsp3) is 0.500. The number of aromatic nitrogens is 1. The molecule has 1 atom stereocenters. The zero-order valence-corrected chi connectivity index (χ0v) is 10.2. The van der Waals surface area contributed by atoms with E-state index in [2.05, 4.69) is 4.98 Å². The van der Waals surface area contributed by atoms with Crippen molar-refractivity contribution in [3.8, 4) is 0 Å². The first kappa shape index (κ1) is 12.9. The molecule has 0 aliphatic carbocycles. The van der Waals surface area contributed by atoms with Gasteiger partial charge in [0.1, 0.15) is 5.69 Å². The Morgan fingerprint density at radius 3 is 2.72 bits per heavy atom. The largest absolute Gasteiger partial charge is 0.476 e. The number of aromatic carboxylic acids is 1.